The predicted octanol–water partition coefficient (Wildman–Crippen LogP) is 1.91. The van der Waals surface area contributed by atoms with Gasteiger partial charge in [0.25, 0.3) is 0 Å². The third kappa shape index (κ3) is 3.56. The van der Waals surface area contributed by atoms with E-state index in [-0.39, 0.29) is 12.2 Å². The van der Waals surface area contributed by atoms with Gasteiger partial charge in [-0.25, -0.2) is 4.68 Å². The van der Waals surface area contributed by atoms with Gasteiger partial charge in [-0.3, -0.25) is 14.3 Å². The number of nitrogens with one attached hydrogen (secondary N) is 1. The normalized spacial score (nSPS) is 10.7. The number of ether oxygens (including phenoxy) is 1. The molecule has 0 unspecified atom stereocenters. The van der Waals surface area contributed by atoms with Crippen LogP contribution in [-0.2, 0) is 18.4 Å². The van der Waals surface area contributed by atoms with E-state index in [1.807, 2.05) is 6.92 Å². The van der Waals surface area contributed by atoms with Crippen LogP contribution in [0.15, 0.2) is 17.1 Å². The van der Waals surface area contributed by atoms with Crippen molar-refractivity contribution in [1.29, 1.82) is 0 Å². The minimum absolute atomic E-state index is 0.0286. The second kappa shape index (κ2) is 6.87. The molecule has 1 N–H and O–H groups in total. The smallest absolute Gasteiger partial charge is 0.312 e. The predicted molar refractivity (Wildman–Crippen MR) is 87.4 cm³/mol. The van der Waals surface area contributed by atoms with E-state index in [0.717, 1.165) is 11.3 Å². The molecule has 0 aliphatic heterocycles. The van der Waals surface area contributed by atoms with Crippen LogP contribution in [0.1, 0.15) is 30.2 Å². The summed E-state index contributed by atoms with van der Waals surface area (Å²) in [6.45, 7) is 5.55. The molecule has 23 heavy (non-hydrogen) atoms. The fourth-order valence-electron chi connectivity index (χ4n) is 2.08. The lowest BCUT2D eigenvalue weighted by molar-refractivity contribution is -0.134. The molecule has 0 radical (unpaired) electrons. The number of carbonyl (C=O) groups is 1. The lowest BCUT2D eigenvalue weighted by Crippen LogP contribution is -2.30. The number of aromatic nitrogens is 3. The van der Waals surface area contributed by atoms with Crippen LogP contribution in [0.4, 0.5) is 0 Å². The van der Waals surface area contributed by atoms with E-state index in [1.165, 1.54) is 4.68 Å². The van der Waals surface area contributed by atoms with Gasteiger partial charge < -0.3 is 10.2 Å². The average molecular weight is 339 g/mol. The SMILES string of the molecule is CCC(=O)Oc1c(C)ccn(NCc2c(C)nn(C)c2Cl)c1=O. The largest absolute Gasteiger partial charge is 0.420 e. The number of carbonyl (C=O) groups excluding carboxylic acids is 1. The molecule has 2 aromatic rings. The van der Waals surface area contributed by atoms with E-state index in [4.69, 9.17) is 16.3 Å². The van der Waals surface area contributed by atoms with Gasteiger partial charge in [0.05, 0.1) is 12.2 Å². The fraction of sp³-hybridized carbons (Fsp3) is 0.400. The third-order valence-electron chi connectivity index (χ3n) is 3.45. The molecular formula is C15H19ClN4O3. The molecule has 0 spiro atoms. The molecule has 2 rings (SSSR count). The molecule has 0 amide bonds. The van der Waals surface area contributed by atoms with E-state index >= 15 is 0 Å². The van der Waals surface area contributed by atoms with Crippen molar-refractivity contribution in [3.8, 4) is 5.75 Å². The van der Waals surface area contributed by atoms with Crippen LogP contribution in [-0.4, -0.2) is 20.4 Å². The highest BCUT2D eigenvalue weighted by atomic mass is 35.5. The molecule has 2 aromatic heterocycles. The maximum absolute atomic E-state index is 12.4. The minimum Gasteiger partial charge on any atom is -0.420 e. The van der Waals surface area contributed by atoms with Gasteiger partial charge in [-0.05, 0) is 25.5 Å². The van der Waals surface area contributed by atoms with Crippen LogP contribution < -0.4 is 15.7 Å². The average Bonchev–Trinajstić information content (AvgIpc) is 2.76. The summed E-state index contributed by atoms with van der Waals surface area (Å²) >= 11 is 6.17. The van der Waals surface area contributed by atoms with E-state index in [2.05, 4.69) is 10.5 Å². The van der Waals surface area contributed by atoms with Crippen LogP contribution in [0.2, 0.25) is 5.15 Å². The molecule has 0 atom stereocenters. The van der Waals surface area contributed by atoms with Gasteiger partial charge >= 0.3 is 11.5 Å². The lowest BCUT2D eigenvalue weighted by Gasteiger charge is -2.12. The zero-order chi connectivity index (χ0) is 17.1. The summed E-state index contributed by atoms with van der Waals surface area (Å²) in [5, 5.41) is 4.72. The quantitative estimate of drug-likeness (QED) is 0.843. The van der Waals surface area contributed by atoms with Crippen molar-refractivity contribution in [3.05, 3.63) is 44.6 Å². The molecule has 0 saturated heterocycles. The first-order valence-corrected chi connectivity index (χ1v) is 7.57. The Hall–Kier alpha value is -2.28. The highest BCUT2D eigenvalue weighted by molar-refractivity contribution is 6.30. The third-order valence-corrected chi connectivity index (χ3v) is 3.92. The van der Waals surface area contributed by atoms with E-state index in [0.29, 0.717) is 17.3 Å². The number of rotatable bonds is 5. The Bertz CT molecular complexity index is 795. The van der Waals surface area contributed by atoms with Crippen LogP contribution >= 0.6 is 11.6 Å². The number of hydrogen-bond acceptors (Lipinski definition) is 5. The Morgan fingerprint density at radius 3 is 2.70 bits per heavy atom. The Morgan fingerprint density at radius 1 is 1.43 bits per heavy atom. The first-order valence-electron chi connectivity index (χ1n) is 7.20. The summed E-state index contributed by atoms with van der Waals surface area (Å²) in [7, 11) is 1.75. The summed E-state index contributed by atoms with van der Waals surface area (Å²) in [5.74, 6) is -0.421. The summed E-state index contributed by atoms with van der Waals surface area (Å²) in [4.78, 5) is 23.9. The lowest BCUT2D eigenvalue weighted by atomic mass is 10.2. The Morgan fingerprint density at radius 2 is 2.13 bits per heavy atom. The standard InChI is InChI=1S/C15H19ClN4O3/c1-5-12(21)23-13-9(2)6-7-20(15(13)22)17-8-11-10(3)18-19(4)14(11)16/h6-7,17H,5,8H2,1-4H3. The van der Waals surface area contributed by atoms with Crippen molar-refractivity contribution in [2.75, 3.05) is 5.43 Å². The fourth-order valence-corrected chi connectivity index (χ4v) is 2.32. The summed E-state index contributed by atoms with van der Waals surface area (Å²) < 4.78 is 7.96. The highest BCUT2D eigenvalue weighted by Gasteiger charge is 2.14. The number of nitrogens with zero attached hydrogens (tertiary/aromatic N) is 3. The molecule has 2 heterocycles. The Kier molecular flexibility index (Phi) is 5.10. The van der Waals surface area contributed by atoms with Crippen LogP contribution in [0.25, 0.3) is 0 Å². The van der Waals surface area contributed by atoms with Crippen molar-refractivity contribution >= 4 is 17.6 Å². The molecule has 7 nitrogen and oxygen atoms in total. The minimum atomic E-state index is -0.450. The van der Waals surface area contributed by atoms with Gasteiger partial charge in [0.1, 0.15) is 5.15 Å². The van der Waals surface area contributed by atoms with Crippen LogP contribution in [0, 0.1) is 13.8 Å². The zero-order valence-corrected chi connectivity index (χ0v) is 14.3. The molecule has 0 saturated carbocycles. The van der Waals surface area contributed by atoms with Gasteiger partial charge in [0, 0.05) is 25.2 Å². The van der Waals surface area contributed by atoms with Crippen molar-refractivity contribution in [1.82, 2.24) is 14.5 Å². The number of hydrogen-bond donors (Lipinski definition) is 1. The van der Waals surface area contributed by atoms with Crippen LogP contribution in [0.5, 0.6) is 5.75 Å². The van der Waals surface area contributed by atoms with Gasteiger partial charge in [0.15, 0.2) is 0 Å². The molecular weight excluding hydrogens is 320 g/mol. The number of esters is 1. The first kappa shape index (κ1) is 17.1. The molecule has 0 bridgehead atoms. The van der Waals surface area contributed by atoms with Gasteiger partial charge in [-0.15, -0.1) is 0 Å². The van der Waals surface area contributed by atoms with E-state index in [9.17, 15) is 9.59 Å². The second-order valence-corrected chi connectivity index (χ2v) is 5.50. The summed E-state index contributed by atoms with van der Waals surface area (Å²) in [5.41, 5.74) is 4.71. The molecule has 0 aliphatic carbocycles. The monoisotopic (exact) mass is 338 g/mol. The summed E-state index contributed by atoms with van der Waals surface area (Å²) in [6, 6.07) is 1.70. The maximum atomic E-state index is 12.4. The molecule has 0 aliphatic rings. The first-order chi connectivity index (χ1) is 10.8. The van der Waals surface area contributed by atoms with Crippen molar-refractivity contribution < 1.29 is 9.53 Å². The number of halogens is 1. The van der Waals surface area contributed by atoms with Crippen LogP contribution in [0.3, 0.4) is 0 Å². The maximum Gasteiger partial charge on any atom is 0.312 e. The molecule has 8 heteroatoms. The van der Waals surface area contributed by atoms with Gasteiger partial charge in [-0.2, -0.15) is 5.10 Å². The van der Waals surface area contributed by atoms with E-state index in [1.54, 1.807) is 37.8 Å². The van der Waals surface area contributed by atoms with Crippen molar-refractivity contribution in [2.45, 2.75) is 33.7 Å². The topological polar surface area (TPSA) is 78.2 Å². The van der Waals surface area contributed by atoms with Crippen molar-refractivity contribution in [3.63, 3.8) is 0 Å². The highest BCUT2D eigenvalue weighted by Crippen LogP contribution is 2.18. The molecule has 0 fully saturated rings. The Balaban J connectivity index is 2.25. The number of aryl methyl sites for hydroxylation is 3. The zero-order valence-electron chi connectivity index (χ0n) is 13.5. The second-order valence-electron chi connectivity index (χ2n) is 5.14. The van der Waals surface area contributed by atoms with E-state index < -0.39 is 11.5 Å². The number of pyridine rings is 1. The van der Waals surface area contributed by atoms with Crippen molar-refractivity contribution in [2.24, 2.45) is 7.05 Å². The van der Waals surface area contributed by atoms with Gasteiger partial charge in [0.2, 0.25) is 5.75 Å². The molecule has 124 valence electrons. The molecule has 0 aromatic carbocycles. The Labute approximate surface area is 138 Å². The summed E-state index contributed by atoms with van der Waals surface area (Å²) in [6.07, 6.45) is 1.78. The van der Waals surface area contributed by atoms with Gasteiger partial charge in [-0.1, -0.05) is 18.5 Å².